The Kier molecular flexibility index (Phi) is 2.64. The zero-order chi connectivity index (χ0) is 11.5. The van der Waals surface area contributed by atoms with E-state index in [4.69, 9.17) is 9.15 Å². The molecule has 0 aliphatic rings. The maximum atomic E-state index is 11.8. The molecule has 0 spiro atoms. The summed E-state index contributed by atoms with van der Waals surface area (Å²) in [6.45, 7) is 0. The van der Waals surface area contributed by atoms with E-state index in [1.807, 2.05) is 0 Å². The fourth-order valence-corrected chi connectivity index (χ4v) is 1.37. The highest BCUT2D eigenvalue weighted by molar-refractivity contribution is 6.08. The van der Waals surface area contributed by atoms with Crippen molar-refractivity contribution in [3.8, 4) is 11.5 Å². The number of hydrogen-bond acceptors (Lipinski definition) is 4. The quantitative estimate of drug-likeness (QED) is 0.802. The van der Waals surface area contributed by atoms with Gasteiger partial charge in [0.25, 0.3) is 0 Å². The number of phenolic OH excluding ortho intramolecular Hbond substituents is 1. The number of carbonyl (C=O) groups excluding carboxylic acids is 1. The number of methoxy groups -OCH3 is 1. The first-order chi connectivity index (χ1) is 7.72. The van der Waals surface area contributed by atoms with Crippen LogP contribution >= 0.6 is 0 Å². The molecule has 0 fully saturated rings. The molecule has 0 saturated heterocycles. The second kappa shape index (κ2) is 4.10. The lowest BCUT2D eigenvalue weighted by Gasteiger charge is -2.04. The van der Waals surface area contributed by atoms with Crippen LogP contribution in [0, 0.1) is 0 Å². The molecule has 0 bridgehead atoms. The average Bonchev–Trinajstić information content (AvgIpc) is 2.81. The number of ketones is 1. The molecular weight excluding hydrogens is 208 g/mol. The standard InChI is InChI=1S/C12H10O4/c1-15-8-4-5-9(10(13)7-8)12(14)11-3-2-6-16-11/h2-7,13H,1H3. The van der Waals surface area contributed by atoms with Gasteiger partial charge in [-0.3, -0.25) is 4.79 Å². The molecule has 1 N–H and O–H groups in total. The van der Waals surface area contributed by atoms with E-state index in [2.05, 4.69) is 0 Å². The van der Waals surface area contributed by atoms with Gasteiger partial charge in [0.1, 0.15) is 11.5 Å². The summed E-state index contributed by atoms with van der Waals surface area (Å²) in [5.74, 6) is 0.208. The van der Waals surface area contributed by atoms with Gasteiger partial charge in [-0.2, -0.15) is 0 Å². The van der Waals surface area contributed by atoms with Gasteiger partial charge in [0.05, 0.1) is 18.9 Å². The summed E-state index contributed by atoms with van der Waals surface area (Å²) in [4.78, 5) is 11.8. The third-order valence-electron chi connectivity index (χ3n) is 2.19. The Labute approximate surface area is 92.1 Å². The Morgan fingerprint density at radius 1 is 1.38 bits per heavy atom. The van der Waals surface area contributed by atoms with Gasteiger partial charge in [0, 0.05) is 6.07 Å². The molecule has 0 amide bonds. The lowest BCUT2D eigenvalue weighted by atomic mass is 10.1. The molecule has 0 saturated carbocycles. The van der Waals surface area contributed by atoms with Crippen molar-refractivity contribution in [2.75, 3.05) is 7.11 Å². The highest BCUT2D eigenvalue weighted by atomic mass is 16.5. The molecule has 0 radical (unpaired) electrons. The molecule has 82 valence electrons. The monoisotopic (exact) mass is 218 g/mol. The summed E-state index contributed by atoms with van der Waals surface area (Å²) in [5, 5.41) is 9.65. The third kappa shape index (κ3) is 1.77. The van der Waals surface area contributed by atoms with Crippen molar-refractivity contribution in [1.29, 1.82) is 0 Å². The fourth-order valence-electron chi connectivity index (χ4n) is 1.37. The van der Waals surface area contributed by atoms with Crippen molar-refractivity contribution in [2.45, 2.75) is 0 Å². The zero-order valence-corrected chi connectivity index (χ0v) is 8.64. The van der Waals surface area contributed by atoms with Crippen molar-refractivity contribution in [3.05, 3.63) is 47.9 Å². The van der Waals surface area contributed by atoms with Gasteiger partial charge in [0.15, 0.2) is 5.76 Å². The van der Waals surface area contributed by atoms with Crippen LogP contribution < -0.4 is 4.74 Å². The Morgan fingerprint density at radius 3 is 2.75 bits per heavy atom. The minimum absolute atomic E-state index is 0.124. The number of aromatic hydroxyl groups is 1. The van der Waals surface area contributed by atoms with Crippen LogP contribution in [0.5, 0.6) is 11.5 Å². The summed E-state index contributed by atoms with van der Waals surface area (Å²) in [6.07, 6.45) is 1.41. The average molecular weight is 218 g/mol. The van der Waals surface area contributed by atoms with Crippen molar-refractivity contribution in [1.82, 2.24) is 0 Å². The SMILES string of the molecule is COc1ccc(C(=O)c2ccco2)c(O)c1. The van der Waals surface area contributed by atoms with E-state index in [1.54, 1.807) is 18.2 Å². The van der Waals surface area contributed by atoms with Gasteiger partial charge < -0.3 is 14.3 Å². The van der Waals surface area contributed by atoms with Crippen molar-refractivity contribution in [3.63, 3.8) is 0 Å². The van der Waals surface area contributed by atoms with Crippen LogP contribution in [0.2, 0.25) is 0 Å². The first kappa shape index (κ1) is 10.3. The molecular formula is C12H10O4. The summed E-state index contributed by atoms with van der Waals surface area (Å²) < 4.78 is 9.90. The third-order valence-corrected chi connectivity index (χ3v) is 2.19. The lowest BCUT2D eigenvalue weighted by Crippen LogP contribution is -2.00. The van der Waals surface area contributed by atoms with Gasteiger partial charge in [-0.05, 0) is 24.3 Å². The maximum Gasteiger partial charge on any atom is 0.231 e. The van der Waals surface area contributed by atoms with E-state index in [1.165, 1.54) is 25.5 Å². The first-order valence-corrected chi connectivity index (χ1v) is 4.67. The van der Waals surface area contributed by atoms with Crippen molar-refractivity contribution in [2.24, 2.45) is 0 Å². The Balaban J connectivity index is 2.38. The predicted molar refractivity (Wildman–Crippen MR) is 56.8 cm³/mol. The molecule has 16 heavy (non-hydrogen) atoms. The highest BCUT2D eigenvalue weighted by Gasteiger charge is 2.16. The van der Waals surface area contributed by atoms with Gasteiger partial charge in [-0.25, -0.2) is 0 Å². The second-order valence-electron chi connectivity index (χ2n) is 3.19. The van der Waals surface area contributed by atoms with Crippen LogP contribution in [0.4, 0.5) is 0 Å². The van der Waals surface area contributed by atoms with Crippen LogP contribution in [-0.2, 0) is 0 Å². The molecule has 0 aliphatic heterocycles. The number of ether oxygens (including phenoxy) is 1. The number of carbonyl (C=O) groups is 1. The van der Waals surface area contributed by atoms with Crippen LogP contribution in [-0.4, -0.2) is 18.0 Å². The molecule has 2 rings (SSSR count). The summed E-state index contributed by atoms with van der Waals surface area (Å²) in [5.41, 5.74) is 0.191. The topological polar surface area (TPSA) is 59.7 Å². The van der Waals surface area contributed by atoms with Crippen LogP contribution in [0.3, 0.4) is 0 Å². The molecule has 1 heterocycles. The van der Waals surface area contributed by atoms with E-state index in [0.717, 1.165) is 0 Å². The number of phenols is 1. The molecule has 2 aromatic rings. The Bertz CT molecular complexity index is 500. The molecule has 1 aromatic heterocycles. The van der Waals surface area contributed by atoms with Crippen molar-refractivity contribution < 1.29 is 19.1 Å². The van der Waals surface area contributed by atoms with Crippen LogP contribution in [0.1, 0.15) is 16.1 Å². The fraction of sp³-hybridized carbons (Fsp3) is 0.0833. The number of rotatable bonds is 3. The summed E-state index contributed by atoms with van der Waals surface area (Å²) in [6, 6.07) is 7.66. The van der Waals surface area contributed by atoms with E-state index in [-0.39, 0.29) is 22.9 Å². The van der Waals surface area contributed by atoms with Crippen LogP contribution in [0.15, 0.2) is 41.0 Å². The maximum absolute atomic E-state index is 11.8. The first-order valence-electron chi connectivity index (χ1n) is 4.67. The highest BCUT2D eigenvalue weighted by Crippen LogP contribution is 2.25. The molecule has 0 unspecified atom stereocenters. The lowest BCUT2D eigenvalue weighted by molar-refractivity contribution is 0.101. The van der Waals surface area contributed by atoms with E-state index in [0.29, 0.717) is 5.75 Å². The Morgan fingerprint density at radius 2 is 2.19 bits per heavy atom. The number of hydrogen-bond donors (Lipinski definition) is 1. The summed E-state index contributed by atoms with van der Waals surface area (Å²) >= 11 is 0. The van der Waals surface area contributed by atoms with E-state index in [9.17, 15) is 9.90 Å². The van der Waals surface area contributed by atoms with Gasteiger partial charge in [0.2, 0.25) is 5.78 Å². The number of furan rings is 1. The molecule has 1 aromatic carbocycles. The number of benzene rings is 1. The van der Waals surface area contributed by atoms with Gasteiger partial charge >= 0.3 is 0 Å². The second-order valence-corrected chi connectivity index (χ2v) is 3.19. The predicted octanol–water partition coefficient (Wildman–Crippen LogP) is 2.22. The molecule has 0 atom stereocenters. The van der Waals surface area contributed by atoms with Crippen molar-refractivity contribution >= 4 is 5.78 Å². The smallest absolute Gasteiger partial charge is 0.231 e. The minimum atomic E-state index is -0.356. The molecule has 0 aliphatic carbocycles. The van der Waals surface area contributed by atoms with E-state index >= 15 is 0 Å². The van der Waals surface area contributed by atoms with Crippen LogP contribution in [0.25, 0.3) is 0 Å². The van der Waals surface area contributed by atoms with Gasteiger partial charge in [-0.1, -0.05) is 0 Å². The normalized spacial score (nSPS) is 10.1. The minimum Gasteiger partial charge on any atom is -0.507 e. The zero-order valence-electron chi connectivity index (χ0n) is 8.64. The molecule has 4 nitrogen and oxygen atoms in total. The largest absolute Gasteiger partial charge is 0.507 e. The summed E-state index contributed by atoms with van der Waals surface area (Å²) in [7, 11) is 1.49. The molecule has 4 heteroatoms. The van der Waals surface area contributed by atoms with Gasteiger partial charge in [-0.15, -0.1) is 0 Å². The van der Waals surface area contributed by atoms with E-state index < -0.39 is 0 Å². The Hall–Kier alpha value is -2.23.